The van der Waals surface area contributed by atoms with E-state index in [0.29, 0.717) is 6.04 Å². The highest BCUT2D eigenvalue weighted by Crippen LogP contribution is 1.87. The Labute approximate surface area is 85.2 Å². The molecular formula is C7H15Cl2N3. The number of rotatable bonds is 3. The maximum Gasteiger partial charge on any atom is 0.120 e. The van der Waals surface area contributed by atoms with Crippen molar-refractivity contribution in [3.05, 3.63) is 18.2 Å². The van der Waals surface area contributed by atoms with Crippen LogP contribution in [0.1, 0.15) is 19.7 Å². The number of imidazole rings is 1. The number of nitrogens with one attached hydrogen (secondary N) is 2. The third-order valence-corrected chi connectivity index (χ3v) is 1.23. The summed E-state index contributed by atoms with van der Waals surface area (Å²) in [6, 6.07) is 0.519. The third kappa shape index (κ3) is 5.41. The van der Waals surface area contributed by atoms with Crippen molar-refractivity contribution < 1.29 is 0 Å². The lowest BCUT2D eigenvalue weighted by atomic mass is 10.4. The minimum atomic E-state index is 0. The first-order chi connectivity index (χ1) is 4.79. The number of hydrogen-bond donors (Lipinski definition) is 2. The highest BCUT2D eigenvalue weighted by Gasteiger charge is 1.94. The molecule has 2 N–H and O–H groups in total. The molecule has 1 rings (SSSR count). The molecule has 5 heteroatoms. The summed E-state index contributed by atoms with van der Waals surface area (Å²) in [6.07, 6.45) is 3.59. The van der Waals surface area contributed by atoms with Crippen molar-refractivity contribution in [2.75, 3.05) is 0 Å². The molecule has 72 valence electrons. The zero-order valence-corrected chi connectivity index (χ0v) is 8.84. The van der Waals surface area contributed by atoms with Gasteiger partial charge in [-0.25, -0.2) is 4.98 Å². The third-order valence-electron chi connectivity index (χ3n) is 1.23. The van der Waals surface area contributed by atoms with E-state index in [-0.39, 0.29) is 24.8 Å². The van der Waals surface area contributed by atoms with Gasteiger partial charge in [0, 0.05) is 18.4 Å². The number of aromatic amines is 1. The smallest absolute Gasteiger partial charge is 0.120 e. The van der Waals surface area contributed by atoms with Gasteiger partial charge < -0.3 is 10.3 Å². The predicted octanol–water partition coefficient (Wildman–Crippen LogP) is 1.75. The highest BCUT2D eigenvalue weighted by molar-refractivity contribution is 5.85. The number of hydrogen-bond acceptors (Lipinski definition) is 2. The summed E-state index contributed by atoms with van der Waals surface area (Å²) in [5, 5.41) is 3.25. The van der Waals surface area contributed by atoms with Gasteiger partial charge >= 0.3 is 0 Å². The molecule has 1 aromatic heterocycles. The summed E-state index contributed by atoms with van der Waals surface area (Å²) in [4.78, 5) is 7.09. The second-order valence-electron chi connectivity index (χ2n) is 2.57. The molecule has 0 atom stereocenters. The van der Waals surface area contributed by atoms with Crippen LogP contribution in [0.3, 0.4) is 0 Å². The van der Waals surface area contributed by atoms with Crippen LogP contribution in [-0.2, 0) is 6.54 Å². The van der Waals surface area contributed by atoms with Crippen LogP contribution in [0, 0.1) is 0 Å². The standard InChI is InChI=1S/C7H13N3.2ClH/c1-6(2)10-5-7-8-3-4-9-7;;/h3-4,6,10H,5H2,1-2H3,(H,8,9);2*1H. The van der Waals surface area contributed by atoms with Crippen molar-refractivity contribution in [2.45, 2.75) is 26.4 Å². The summed E-state index contributed by atoms with van der Waals surface area (Å²) in [5.74, 6) is 0.994. The monoisotopic (exact) mass is 211 g/mol. The molecule has 3 nitrogen and oxygen atoms in total. The molecule has 0 aliphatic carbocycles. The van der Waals surface area contributed by atoms with Gasteiger partial charge in [0.1, 0.15) is 5.82 Å². The maximum absolute atomic E-state index is 4.07. The number of nitrogens with zero attached hydrogens (tertiary/aromatic N) is 1. The molecule has 0 aliphatic heterocycles. The van der Waals surface area contributed by atoms with E-state index in [1.165, 1.54) is 0 Å². The van der Waals surface area contributed by atoms with Gasteiger partial charge in [-0.05, 0) is 0 Å². The van der Waals surface area contributed by atoms with Crippen LogP contribution in [0.5, 0.6) is 0 Å². The minimum absolute atomic E-state index is 0. The second kappa shape index (κ2) is 7.40. The average Bonchev–Trinajstić information content (AvgIpc) is 2.34. The van der Waals surface area contributed by atoms with Crippen molar-refractivity contribution in [3.8, 4) is 0 Å². The molecule has 1 aromatic rings. The normalized spacial score (nSPS) is 8.92. The largest absolute Gasteiger partial charge is 0.348 e. The molecule has 0 aromatic carbocycles. The van der Waals surface area contributed by atoms with Gasteiger partial charge in [0.25, 0.3) is 0 Å². The molecule has 0 spiro atoms. The predicted molar refractivity (Wildman–Crippen MR) is 55.1 cm³/mol. The Morgan fingerprint density at radius 2 is 2.17 bits per heavy atom. The molecule has 0 bridgehead atoms. The molecule has 12 heavy (non-hydrogen) atoms. The Balaban J connectivity index is 0. The van der Waals surface area contributed by atoms with E-state index in [1.54, 1.807) is 6.20 Å². The van der Waals surface area contributed by atoms with Crippen LogP contribution in [0.15, 0.2) is 12.4 Å². The van der Waals surface area contributed by atoms with Gasteiger partial charge in [0.2, 0.25) is 0 Å². The van der Waals surface area contributed by atoms with Gasteiger partial charge in [-0.1, -0.05) is 13.8 Å². The Morgan fingerprint density at radius 1 is 1.50 bits per heavy atom. The summed E-state index contributed by atoms with van der Waals surface area (Å²) < 4.78 is 0. The topological polar surface area (TPSA) is 40.7 Å². The van der Waals surface area contributed by atoms with Crippen LogP contribution < -0.4 is 5.32 Å². The zero-order chi connectivity index (χ0) is 7.40. The molecule has 0 unspecified atom stereocenters. The Hall–Kier alpha value is -0.250. The zero-order valence-electron chi connectivity index (χ0n) is 7.20. The van der Waals surface area contributed by atoms with Crippen LogP contribution >= 0.6 is 24.8 Å². The minimum Gasteiger partial charge on any atom is -0.348 e. The fourth-order valence-electron chi connectivity index (χ4n) is 0.695. The summed E-state index contributed by atoms with van der Waals surface area (Å²) in [5.41, 5.74) is 0. The van der Waals surface area contributed by atoms with E-state index in [0.717, 1.165) is 12.4 Å². The van der Waals surface area contributed by atoms with E-state index < -0.39 is 0 Å². The van der Waals surface area contributed by atoms with Gasteiger partial charge in [0.15, 0.2) is 0 Å². The fourth-order valence-corrected chi connectivity index (χ4v) is 0.695. The molecule has 0 saturated carbocycles. The first-order valence-electron chi connectivity index (χ1n) is 3.50. The molecule has 0 radical (unpaired) electrons. The van der Waals surface area contributed by atoms with E-state index in [2.05, 4.69) is 29.1 Å². The van der Waals surface area contributed by atoms with Crippen LogP contribution in [0.4, 0.5) is 0 Å². The number of halogens is 2. The van der Waals surface area contributed by atoms with Crippen LogP contribution in [0.25, 0.3) is 0 Å². The molecular weight excluding hydrogens is 197 g/mol. The Kier molecular flexibility index (Phi) is 8.81. The number of aromatic nitrogens is 2. The molecule has 1 heterocycles. The highest BCUT2D eigenvalue weighted by atomic mass is 35.5. The van der Waals surface area contributed by atoms with Gasteiger partial charge in [0.05, 0.1) is 6.54 Å². The van der Waals surface area contributed by atoms with E-state index >= 15 is 0 Å². The van der Waals surface area contributed by atoms with E-state index in [9.17, 15) is 0 Å². The summed E-state index contributed by atoms with van der Waals surface area (Å²) >= 11 is 0. The second-order valence-corrected chi connectivity index (χ2v) is 2.57. The number of H-pyrrole nitrogens is 1. The molecule has 0 fully saturated rings. The van der Waals surface area contributed by atoms with Crippen molar-refractivity contribution in [3.63, 3.8) is 0 Å². The SMILES string of the molecule is CC(C)NCc1ncc[nH]1.Cl.Cl. The maximum atomic E-state index is 4.07. The lowest BCUT2D eigenvalue weighted by molar-refractivity contribution is 0.575. The van der Waals surface area contributed by atoms with E-state index in [1.807, 2.05) is 6.20 Å². The van der Waals surface area contributed by atoms with Crippen LogP contribution in [0.2, 0.25) is 0 Å². The van der Waals surface area contributed by atoms with Crippen molar-refractivity contribution >= 4 is 24.8 Å². The van der Waals surface area contributed by atoms with Gasteiger partial charge in [-0.2, -0.15) is 0 Å². The Bertz CT molecular complexity index is 175. The first kappa shape index (κ1) is 14.3. The molecule has 0 saturated heterocycles. The lowest BCUT2D eigenvalue weighted by Gasteiger charge is -2.04. The lowest BCUT2D eigenvalue weighted by Crippen LogP contribution is -2.22. The van der Waals surface area contributed by atoms with Crippen LogP contribution in [-0.4, -0.2) is 16.0 Å². The van der Waals surface area contributed by atoms with Gasteiger partial charge in [-0.15, -0.1) is 24.8 Å². The summed E-state index contributed by atoms with van der Waals surface area (Å²) in [6.45, 7) is 5.05. The molecule has 0 aliphatic rings. The first-order valence-corrected chi connectivity index (χ1v) is 3.50. The van der Waals surface area contributed by atoms with E-state index in [4.69, 9.17) is 0 Å². The quantitative estimate of drug-likeness (QED) is 0.801. The van der Waals surface area contributed by atoms with Crippen molar-refractivity contribution in [1.82, 2.24) is 15.3 Å². The van der Waals surface area contributed by atoms with Crippen molar-refractivity contribution in [1.29, 1.82) is 0 Å². The summed E-state index contributed by atoms with van der Waals surface area (Å²) in [7, 11) is 0. The Morgan fingerprint density at radius 3 is 2.58 bits per heavy atom. The average molecular weight is 212 g/mol. The fraction of sp³-hybridized carbons (Fsp3) is 0.571. The van der Waals surface area contributed by atoms with Gasteiger partial charge in [-0.3, -0.25) is 0 Å². The molecule has 0 amide bonds. The van der Waals surface area contributed by atoms with Crippen molar-refractivity contribution in [2.24, 2.45) is 0 Å².